The van der Waals surface area contributed by atoms with Gasteiger partial charge in [0.25, 0.3) is 11.6 Å². The van der Waals surface area contributed by atoms with Gasteiger partial charge in [-0.25, -0.2) is 5.43 Å². The second-order valence-electron chi connectivity index (χ2n) is 6.40. The molecule has 1 N–H and O–H groups in total. The van der Waals surface area contributed by atoms with Gasteiger partial charge in [-0.15, -0.1) is 0 Å². The lowest BCUT2D eigenvalue weighted by atomic mass is 10.1. The lowest BCUT2D eigenvalue weighted by molar-refractivity contribution is -0.385. The van der Waals surface area contributed by atoms with E-state index in [0.29, 0.717) is 11.5 Å². The molecule has 0 aromatic heterocycles. The normalized spacial score (nSPS) is 15.3. The zero-order valence-corrected chi connectivity index (χ0v) is 16.8. The smallest absolute Gasteiger partial charge is 0.284 e. The molecule has 1 heterocycles. The van der Waals surface area contributed by atoms with Crippen molar-refractivity contribution in [2.45, 2.75) is 6.10 Å². The van der Waals surface area contributed by atoms with Crippen molar-refractivity contribution in [3.8, 4) is 17.2 Å². The Balaban J connectivity index is 1.46. The zero-order valence-electron chi connectivity index (χ0n) is 15.2. The Labute approximate surface area is 178 Å². The summed E-state index contributed by atoms with van der Waals surface area (Å²) in [6.45, 7) is -0.0120. The highest BCUT2D eigenvalue weighted by Gasteiger charge is 2.27. The number of nitrogens with zero attached hydrogens (tertiary/aromatic N) is 2. The summed E-state index contributed by atoms with van der Waals surface area (Å²) >= 11 is 2.98. The molecule has 4 rings (SSSR count). The largest absolute Gasteiger partial charge is 0.871 e. The van der Waals surface area contributed by atoms with Gasteiger partial charge in [0.1, 0.15) is 6.61 Å². The first-order valence-corrected chi connectivity index (χ1v) is 9.52. The minimum absolute atomic E-state index is 0.0120. The molecule has 1 atom stereocenters. The third-order valence-corrected chi connectivity index (χ3v) is 5.00. The molecule has 9 nitrogen and oxygen atoms in total. The number of nitro benzene ring substituents is 1. The van der Waals surface area contributed by atoms with Crippen LogP contribution < -0.4 is 20.0 Å². The van der Waals surface area contributed by atoms with E-state index in [1.165, 1.54) is 0 Å². The van der Waals surface area contributed by atoms with E-state index in [2.05, 4.69) is 26.5 Å². The Bertz CT molecular complexity index is 1200. The van der Waals surface area contributed by atoms with Crippen molar-refractivity contribution < 1.29 is 24.3 Å². The Hall–Kier alpha value is -3.66. The standard InChI is InChI=1S/C20H14BrN3O6/c21-15-8-14(24(27)28)5-13(19(15)25)9-22-23-20(26)18-10-29-16-6-11-3-1-2-4-12(11)7-17(16)30-18/h1-9,18,25H,10H2,(H,23,26)/p-1/t18-/m0/s1. The average Bonchev–Trinajstić information content (AvgIpc) is 2.74. The fraction of sp³-hybridized carbons (Fsp3) is 0.100. The van der Waals surface area contributed by atoms with Crippen LogP contribution in [0.2, 0.25) is 0 Å². The van der Waals surface area contributed by atoms with E-state index < -0.39 is 22.7 Å². The third-order valence-electron chi connectivity index (χ3n) is 4.41. The maximum atomic E-state index is 12.4. The summed E-state index contributed by atoms with van der Waals surface area (Å²) in [6.07, 6.45) is 0.0998. The van der Waals surface area contributed by atoms with Gasteiger partial charge in [-0.05, 0) is 28.5 Å². The van der Waals surface area contributed by atoms with E-state index >= 15 is 0 Å². The number of amides is 1. The predicted octanol–water partition coefficient (Wildman–Crippen LogP) is 2.87. The van der Waals surface area contributed by atoms with Crippen molar-refractivity contribution in [3.05, 3.63) is 68.7 Å². The fourth-order valence-corrected chi connectivity index (χ4v) is 3.39. The van der Waals surface area contributed by atoms with Crippen LogP contribution in [0.3, 0.4) is 0 Å². The highest BCUT2D eigenvalue weighted by Crippen LogP contribution is 2.36. The molecule has 0 saturated heterocycles. The number of non-ortho nitro benzene ring substituents is 1. The summed E-state index contributed by atoms with van der Waals surface area (Å²) in [7, 11) is 0. The minimum atomic E-state index is -0.945. The number of hydrogen-bond acceptors (Lipinski definition) is 7. The summed E-state index contributed by atoms with van der Waals surface area (Å²) in [6, 6.07) is 13.5. The number of hydrogen-bond donors (Lipinski definition) is 1. The lowest BCUT2D eigenvalue weighted by Gasteiger charge is -2.25. The van der Waals surface area contributed by atoms with Crippen molar-refractivity contribution in [1.82, 2.24) is 5.43 Å². The molecule has 1 amide bonds. The first-order chi connectivity index (χ1) is 14.4. The molecule has 0 spiro atoms. The summed E-state index contributed by atoms with van der Waals surface area (Å²) in [5.41, 5.74) is 1.94. The number of nitro groups is 1. The molecule has 3 aromatic rings. The maximum absolute atomic E-state index is 12.4. The number of nitrogens with one attached hydrogen (secondary N) is 1. The molecule has 10 heteroatoms. The molecule has 30 heavy (non-hydrogen) atoms. The van der Waals surface area contributed by atoms with E-state index in [-0.39, 0.29) is 22.3 Å². The number of halogens is 1. The molecule has 0 unspecified atom stereocenters. The number of benzene rings is 3. The van der Waals surface area contributed by atoms with Gasteiger partial charge in [-0.1, -0.05) is 45.9 Å². The first kappa shape index (κ1) is 19.6. The van der Waals surface area contributed by atoms with E-state index in [1.54, 1.807) is 6.07 Å². The molecule has 0 bridgehead atoms. The first-order valence-electron chi connectivity index (χ1n) is 8.72. The molecule has 1 aliphatic rings. The average molecular weight is 471 g/mol. The van der Waals surface area contributed by atoms with Gasteiger partial charge >= 0.3 is 0 Å². The van der Waals surface area contributed by atoms with Crippen molar-refractivity contribution in [3.63, 3.8) is 0 Å². The molecule has 0 fully saturated rings. The highest BCUT2D eigenvalue weighted by molar-refractivity contribution is 9.10. The van der Waals surface area contributed by atoms with Crippen LogP contribution in [0, 0.1) is 10.1 Å². The molecule has 152 valence electrons. The van der Waals surface area contributed by atoms with Crippen LogP contribution >= 0.6 is 15.9 Å². The molecular formula is C20H13BrN3O6-. The van der Waals surface area contributed by atoms with Gasteiger partial charge < -0.3 is 14.6 Å². The third kappa shape index (κ3) is 3.90. The minimum Gasteiger partial charge on any atom is -0.871 e. The van der Waals surface area contributed by atoms with Gasteiger partial charge in [0.05, 0.1) is 11.1 Å². The van der Waals surface area contributed by atoms with Crippen molar-refractivity contribution >= 4 is 44.5 Å². The Morgan fingerprint density at radius 1 is 1.20 bits per heavy atom. The second-order valence-corrected chi connectivity index (χ2v) is 7.26. The number of ether oxygens (including phenoxy) is 2. The van der Waals surface area contributed by atoms with Gasteiger partial charge in [0.2, 0.25) is 6.10 Å². The fourth-order valence-electron chi connectivity index (χ4n) is 2.92. The SMILES string of the molecule is O=C(NN=Cc1cc([N+](=O)[O-])cc(Br)c1[O-])[C@@H]1COc2cc3ccccc3cc2O1. The Kier molecular flexibility index (Phi) is 5.23. The number of fused-ring (bicyclic) bond motifs is 2. The molecule has 0 radical (unpaired) electrons. The van der Waals surface area contributed by atoms with Crippen LogP contribution in [0.4, 0.5) is 5.69 Å². The van der Waals surface area contributed by atoms with Crippen molar-refractivity contribution in [1.29, 1.82) is 0 Å². The number of hydrazone groups is 1. The van der Waals surface area contributed by atoms with Crippen LogP contribution in [0.1, 0.15) is 5.56 Å². The Morgan fingerprint density at radius 2 is 1.90 bits per heavy atom. The van der Waals surface area contributed by atoms with Crippen LogP contribution in [0.25, 0.3) is 10.8 Å². The van der Waals surface area contributed by atoms with Crippen LogP contribution in [-0.4, -0.2) is 29.8 Å². The van der Waals surface area contributed by atoms with Crippen LogP contribution in [0.5, 0.6) is 17.2 Å². The lowest BCUT2D eigenvalue weighted by Crippen LogP contribution is -2.42. The molecule has 0 saturated carbocycles. The molecular weight excluding hydrogens is 458 g/mol. The number of rotatable bonds is 4. The number of carbonyl (C=O) groups is 1. The van der Waals surface area contributed by atoms with Crippen LogP contribution in [-0.2, 0) is 4.79 Å². The summed E-state index contributed by atoms with van der Waals surface area (Å²) in [5.74, 6) is -0.0918. The number of carbonyl (C=O) groups excluding carboxylic acids is 1. The van der Waals surface area contributed by atoms with E-state index in [1.807, 2.05) is 30.3 Å². The molecule has 1 aliphatic heterocycles. The van der Waals surface area contributed by atoms with Gasteiger partial charge in [-0.3, -0.25) is 14.9 Å². The monoisotopic (exact) mass is 470 g/mol. The second kappa shape index (κ2) is 7.99. The maximum Gasteiger partial charge on any atom is 0.284 e. The summed E-state index contributed by atoms with van der Waals surface area (Å²) in [4.78, 5) is 22.7. The van der Waals surface area contributed by atoms with E-state index in [0.717, 1.165) is 29.1 Å². The van der Waals surface area contributed by atoms with Gasteiger partial charge in [-0.2, -0.15) is 5.10 Å². The van der Waals surface area contributed by atoms with Gasteiger partial charge in [0, 0.05) is 16.6 Å². The quantitative estimate of drug-likeness (QED) is 0.354. The van der Waals surface area contributed by atoms with Crippen molar-refractivity contribution in [2.24, 2.45) is 5.10 Å². The van der Waals surface area contributed by atoms with Crippen LogP contribution in [0.15, 0.2) is 58.1 Å². The topological polar surface area (TPSA) is 126 Å². The summed E-state index contributed by atoms with van der Waals surface area (Å²) < 4.78 is 11.4. The predicted molar refractivity (Wildman–Crippen MR) is 110 cm³/mol. The molecule has 3 aromatic carbocycles. The molecule has 0 aliphatic carbocycles. The zero-order chi connectivity index (χ0) is 21.3. The van der Waals surface area contributed by atoms with Crippen molar-refractivity contribution in [2.75, 3.05) is 6.61 Å². The van der Waals surface area contributed by atoms with E-state index in [4.69, 9.17) is 9.47 Å². The Morgan fingerprint density at radius 3 is 2.60 bits per heavy atom. The highest BCUT2D eigenvalue weighted by atomic mass is 79.9. The summed E-state index contributed by atoms with van der Waals surface area (Å²) in [5, 5.41) is 28.6. The van der Waals surface area contributed by atoms with Gasteiger partial charge in [0.15, 0.2) is 11.5 Å². The van der Waals surface area contributed by atoms with E-state index in [9.17, 15) is 20.0 Å².